The topological polar surface area (TPSA) is 213 Å². The molecule has 3 aromatic rings. The third-order valence-corrected chi connectivity index (χ3v) is 10.3. The molecule has 1 aromatic heterocycles. The standard InChI is InChI=1S/C41H58N6O10S/c1-27-36(58-26-45-27)29-8-6-28(7-9-29)24-44-39(51)33-23-31(48)25-47(33)40(52)37(41(2,3)4)46-35(49)12-14-54-16-18-56-20-21-57-19-17-55-15-13-43-38(50)30-10-11-32(42)34(22-30)53-5/h6-11,22,26,31,33,37,48H,12-21,23-25,42H2,1-5H3,(H,43,50)(H,44,51)(H,46,49)/t31-,33+,37-/m1/s1. The van der Waals surface area contributed by atoms with E-state index in [4.69, 9.17) is 29.4 Å². The van der Waals surface area contributed by atoms with E-state index < -0.39 is 29.5 Å². The molecule has 0 radical (unpaired) electrons. The maximum absolute atomic E-state index is 13.9. The molecule has 0 aliphatic carbocycles. The number of anilines is 1. The Morgan fingerprint density at radius 3 is 2.17 bits per heavy atom. The summed E-state index contributed by atoms with van der Waals surface area (Å²) in [6.07, 6.45) is -0.731. The van der Waals surface area contributed by atoms with Crippen LogP contribution in [-0.4, -0.2) is 130 Å². The fourth-order valence-corrected chi connectivity index (χ4v) is 6.94. The number of aryl methyl sites for hydroxylation is 1. The number of nitrogens with zero attached hydrogens (tertiary/aromatic N) is 2. The number of carbonyl (C=O) groups excluding carboxylic acids is 4. The highest BCUT2D eigenvalue weighted by Gasteiger charge is 2.44. The van der Waals surface area contributed by atoms with E-state index in [9.17, 15) is 24.3 Å². The highest BCUT2D eigenvalue weighted by atomic mass is 32.1. The number of thiazole rings is 1. The molecule has 4 amide bonds. The zero-order valence-electron chi connectivity index (χ0n) is 34.0. The van der Waals surface area contributed by atoms with Gasteiger partial charge in [-0.15, -0.1) is 11.3 Å². The number of β-amino-alcohol motifs (C(OH)–C–C–N with tert-alkyl or cyclic N) is 1. The maximum Gasteiger partial charge on any atom is 0.251 e. The number of hydrogen-bond acceptors (Lipinski definition) is 13. The van der Waals surface area contributed by atoms with Crippen LogP contribution in [0.1, 0.15) is 55.2 Å². The van der Waals surface area contributed by atoms with Crippen molar-refractivity contribution in [3.63, 3.8) is 0 Å². The Balaban J connectivity index is 1.06. The van der Waals surface area contributed by atoms with Crippen LogP contribution < -0.4 is 26.4 Å². The van der Waals surface area contributed by atoms with Crippen LogP contribution in [0.25, 0.3) is 10.4 Å². The van der Waals surface area contributed by atoms with E-state index in [-0.39, 0.29) is 56.9 Å². The van der Waals surface area contributed by atoms with Gasteiger partial charge in [-0.05, 0) is 41.7 Å². The molecule has 6 N–H and O–H groups in total. The van der Waals surface area contributed by atoms with E-state index in [0.29, 0.717) is 63.2 Å². The largest absolute Gasteiger partial charge is 0.495 e. The lowest BCUT2D eigenvalue weighted by molar-refractivity contribution is -0.144. The second kappa shape index (κ2) is 23.1. The van der Waals surface area contributed by atoms with Crippen molar-refractivity contribution in [3.05, 3.63) is 64.8 Å². The lowest BCUT2D eigenvalue weighted by Crippen LogP contribution is -2.57. The van der Waals surface area contributed by atoms with Crippen LogP contribution in [0.4, 0.5) is 5.69 Å². The summed E-state index contributed by atoms with van der Waals surface area (Å²) in [5, 5.41) is 19.0. The zero-order chi connectivity index (χ0) is 42.1. The average Bonchev–Trinajstić information content (AvgIpc) is 3.82. The summed E-state index contributed by atoms with van der Waals surface area (Å²) in [6, 6.07) is 10.9. The minimum Gasteiger partial charge on any atom is -0.495 e. The summed E-state index contributed by atoms with van der Waals surface area (Å²) in [7, 11) is 1.49. The van der Waals surface area contributed by atoms with Gasteiger partial charge in [-0.2, -0.15) is 0 Å². The third kappa shape index (κ3) is 14.3. The van der Waals surface area contributed by atoms with Crippen molar-refractivity contribution < 1.29 is 48.0 Å². The summed E-state index contributed by atoms with van der Waals surface area (Å²) in [6.45, 7) is 10.5. The SMILES string of the molecule is COc1cc(C(=O)NCCOCCOCCOCCOCCC(=O)N[C@H](C(=O)N2C[C@H](O)C[C@H]2C(=O)NCc2ccc(-c3scnc3C)cc2)C(C)(C)C)ccc1N. The number of hydrogen-bond donors (Lipinski definition) is 5. The molecule has 0 bridgehead atoms. The van der Waals surface area contributed by atoms with Crippen molar-refractivity contribution >= 4 is 40.7 Å². The molecule has 2 heterocycles. The van der Waals surface area contributed by atoms with Gasteiger partial charge in [-0.3, -0.25) is 19.2 Å². The number of ether oxygens (including phenoxy) is 5. The molecule has 17 heteroatoms. The molecule has 0 spiro atoms. The van der Waals surface area contributed by atoms with Crippen LogP contribution in [0.15, 0.2) is 48.0 Å². The van der Waals surface area contributed by atoms with Crippen LogP contribution in [0.2, 0.25) is 0 Å². The van der Waals surface area contributed by atoms with Crippen molar-refractivity contribution in [3.8, 4) is 16.2 Å². The van der Waals surface area contributed by atoms with Crippen LogP contribution in [0, 0.1) is 12.3 Å². The summed E-state index contributed by atoms with van der Waals surface area (Å²) in [5.74, 6) is -0.970. The Kier molecular flexibility index (Phi) is 18.3. The van der Waals surface area contributed by atoms with Gasteiger partial charge in [0.25, 0.3) is 5.91 Å². The first-order valence-corrected chi connectivity index (χ1v) is 20.2. The number of methoxy groups -OCH3 is 1. The van der Waals surface area contributed by atoms with Crippen LogP contribution in [-0.2, 0) is 39.9 Å². The van der Waals surface area contributed by atoms with E-state index >= 15 is 0 Å². The maximum atomic E-state index is 13.9. The highest BCUT2D eigenvalue weighted by molar-refractivity contribution is 7.13. The Morgan fingerprint density at radius 1 is 0.931 bits per heavy atom. The molecule has 0 unspecified atom stereocenters. The number of aliphatic hydroxyl groups is 1. The number of nitrogens with one attached hydrogen (secondary N) is 3. The molecule has 1 aliphatic heterocycles. The van der Waals surface area contributed by atoms with Gasteiger partial charge in [-0.1, -0.05) is 45.0 Å². The molecule has 1 saturated heterocycles. The monoisotopic (exact) mass is 826 g/mol. The number of carbonyl (C=O) groups is 4. The van der Waals surface area contributed by atoms with E-state index in [1.165, 1.54) is 12.0 Å². The van der Waals surface area contributed by atoms with Gasteiger partial charge in [0.15, 0.2) is 0 Å². The number of nitrogen functional groups attached to an aromatic ring is 1. The molecular formula is C41H58N6O10S. The number of amides is 4. The lowest BCUT2D eigenvalue weighted by Gasteiger charge is -2.35. The first-order chi connectivity index (χ1) is 27.8. The highest BCUT2D eigenvalue weighted by Crippen LogP contribution is 2.28. The number of nitrogens with two attached hydrogens (primary N) is 1. The Hall–Kier alpha value is -4.65. The van der Waals surface area contributed by atoms with Crippen LogP contribution >= 0.6 is 11.3 Å². The van der Waals surface area contributed by atoms with Gasteiger partial charge in [-0.25, -0.2) is 4.98 Å². The van der Waals surface area contributed by atoms with Gasteiger partial charge in [0.05, 0.1) is 87.8 Å². The number of aliphatic hydroxyl groups excluding tert-OH is 1. The number of benzene rings is 2. The minimum atomic E-state index is -0.927. The van der Waals surface area contributed by atoms with E-state index in [1.807, 2.05) is 57.5 Å². The predicted octanol–water partition coefficient (Wildman–Crippen LogP) is 2.70. The lowest BCUT2D eigenvalue weighted by atomic mass is 9.85. The first kappa shape index (κ1) is 46.0. The molecule has 4 rings (SSSR count). The van der Waals surface area contributed by atoms with Crippen molar-refractivity contribution in [1.82, 2.24) is 25.8 Å². The fourth-order valence-electron chi connectivity index (χ4n) is 6.13. The smallest absolute Gasteiger partial charge is 0.251 e. The third-order valence-electron chi connectivity index (χ3n) is 9.33. The van der Waals surface area contributed by atoms with Crippen molar-refractivity contribution in [1.29, 1.82) is 0 Å². The van der Waals surface area contributed by atoms with Crippen LogP contribution in [0.3, 0.4) is 0 Å². The Labute approximate surface area is 344 Å². The van der Waals surface area contributed by atoms with E-state index in [2.05, 4.69) is 20.9 Å². The molecule has 0 saturated carbocycles. The summed E-state index contributed by atoms with van der Waals surface area (Å²) in [4.78, 5) is 59.2. The molecule has 1 fully saturated rings. The molecule has 16 nitrogen and oxygen atoms in total. The molecule has 318 valence electrons. The fraction of sp³-hybridized carbons (Fsp3) is 0.537. The minimum absolute atomic E-state index is 0.00539. The van der Waals surface area contributed by atoms with Crippen molar-refractivity contribution in [2.24, 2.45) is 5.41 Å². The second-order valence-corrected chi connectivity index (χ2v) is 15.7. The number of aromatic nitrogens is 1. The van der Waals surface area contributed by atoms with Crippen LogP contribution in [0.5, 0.6) is 5.75 Å². The summed E-state index contributed by atoms with van der Waals surface area (Å²) < 4.78 is 27.2. The zero-order valence-corrected chi connectivity index (χ0v) is 34.9. The summed E-state index contributed by atoms with van der Waals surface area (Å²) >= 11 is 1.57. The van der Waals surface area contributed by atoms with Gasteiger partial charge in [0, 0.05) is 38.0 Å². The molecule has 2 aromatic carbocycles. The van der Waals surface area contributed by atoms with Crippen molar-refractivity contribution in [2.45, 2.75) is 65.3 Å². The second-order valence-electron chi connectivity index (χ2n) is 14.9. The summed E-state index contributed by atoms with van der Waals surface area (Å²) in [5.41, 5.74) is 10.7. The van der Waals surface area contributed by atoms with E-state index in [0.717, 1.165) is 21.7 Å². The van der Waals surface area contributed by atoms with E-state index in [1.54, 1.807) is 29.5 Å². The normalized spacial score (nSPS) is 15.9. The predicted molar refractivity (Wildman–Crippen MR) is 219 cm³/mol. The quantitative estimate of drug-likeness (QED) is 0.0690. The first-order valence-electron chi connectivity index (χ1n) is 19.4. The number of likely N-dealkylation sites (tertiary alicyclic amines) is 1. The number of rotatable bonds is 23. The Morgan fingerprint density at radius 2 is 1.57 bits per heavy atom. The molecule has 1 aliphatic rings. The molecule has 58 heavy (non-hydrogen) atoms. The van der Waals surface area contributed by atoms with Gasteiger partial charge >= 0.3 is 0 Å². The Bertz CT molecular complexity index is 1780. The van der Waals surface area contributed by atoms with Gasteiger partial charge in [0.1, 0.15) is 17.8 Å². The molecular weight excluding hydrogens is 769 g/mol. The average molecular weight is 827 g/mol. The van der Waals surface area contributed by atoms with Crippen molar-refractivity contribution in [2.75, 3.05) is 78.8 Å². The van der Waals surface area contributed by atoms with Gasteiger partial charge in [0.2, 0.25) is 17.7 Å². The molecule has 3 atom stereocenters. The van der Waals surface area contributed by atoms with Gasteiger partial charge < -0.3 is 55.4 Å².